The third-order valence-corrected chi connectivity index (χ3v) is 4.78. The van der Waals surface area contributed by atoms with E-state index < -0.39 is 5.92 Å². The van der Waals surface area contributed by atoms with Gasteiger partial charge in [-0.1, -0.05) is 0 Å². The van der Waals surface area contributed by atoms with Crippen molar-refractivity contribution in [1.29, 1.82) is 5.26 Å². The highest BCUT2D eigenvalue weighted by Gasteiger charge is 2.37. The van der Waals surface area contributed by atoms with Crippen LogP contribution in [0.4, 0.5) is 0 Å². The van der Waals surface area contributed by atoms with E-state index in [-0.39, 0.29) is 5.91 Å². The number of imidazole rings is 1. The normalized spacial score (nSPS) is 17.4. The van der Waals surface area contributed by atoms with Crippen molar-refractivity contribution in [1.82, 2.24) is 19.5 Å². The molecule has 0 saturated heterocycles. The number of hydrogen-bond donors (Lipinski definition) is 0. The molecule has 0 N–H and O–H groups in total. The van der Waals surface area contributed by atoms with E-state index in [0.717, 1.165) is 5.01 Å². The molecule has 4 rings (SSSR count). The molecular formula is C16H11N5OS. The van der Waals surface area contributed by atoms with Crippen LogP contribution in [-0.4, -0.2) is 25.4 Å². The zero-order valence-corrected chi connectivity index (χ0v) is 13.3. The highest BCUT2D eigenvalue weighted by Crippen LogP contribution is 2.38. The van der Waals surface area contributed by atoms with E-state index in [2.05, 4.69) is 21.0 Å². The van der Waals surface area contributed by atoms with Gasteiger partial charge in [0.25, 0.3) is 0 Å². The first kappa shape index (κ1) is 13.8. The largest absolute Gasteiger partial charge is 0.273 e. The van der Waals surface area contributed by atoms with Gasteiger partial charge in [0.2, 0.25) is 5.91 Å². The maximum Gasteiger partial charge on any atom is 0.246 e. The molecule has 1 aliphatic heterocycles. The SMILES string of the molecule is CC1=C(C#N)c2nc3ncccc3n2C(=O)C1c1csc(C)n1. The van der Waals surface area contributed by atoms with Gasteiger partial charge in [0.15, 0.2) is 11.5 Å². The molecule has 0 bridgehead atoms. The number of thiazole rings is 1. The first-order chi connectivity index (χ1) is 11.1. The first-order valence-electron chi connectivity index (χ1n) is 7.02. The molecule has 0 aliphatic carbocycles. The number of hydrogen-bond acceptors (Lipinski definition) is 6. The van der Waals surface area contributed by atoms with Crippen molar-refractivity contribution in [2.45, 2.75) is 19.8 Å². The summed E-state index contributed by atoms with van der Waals surface area (Å²) >= 11 is 1.49. The zero-order chi connectivity index (χ0) is 16.1. The molecule has 0 spiro atoms. The van der Waals surface area contributed by atoms with Crippen molar-refractivity contribution < 1.29 is 4.79 Å². The van der Waals surface area contributed by atoms with Crippen LogP contribution >= 0.6 is 11.3 Å². The van der Waals surface area contributed by atoms with Gasteiger partial charge in [-0.05, 0) is 31.6 Å². The summed E-state index contributed by atoms with van der Waals surface area (Å²) in [4.78, 5) is 26.1. The lowest BCUT2D eigenvalue weighted by molar-refractivity contribution is 0.0890. The van der Waals surface area contributed by atoms with Gasteiger partial charge in [-0.2, -0.15) is 5.26 Å². The minimum Gasteiger partial charge on any atom is -0.273 e. The van der Waals surface area contributed by atoms with Crippen LogP contribution in [0.15, 0.2) is 29.3 Å². The van der Waals surface area contributed by atoms with Gasteiger partial charge in [0.1, 0.15) is 12.0 Å². The van der Waals surface area contributed by atoms with Crippen molar-refractivity contribution in [2.24, 2.45) is 0 Å². The maximum atomic E-state index is 13.1. The van der Waals surface area contributed by atoms with E-state index in [1.807, 2.05) is 12.3 Å². The Balaban J connectivity index is 2.04. The molecule has 0 fully saturated rings. The monoisotopic (exact) mass is 321 g/mol. The second-order valence-corrected chi connectivity index (χ2v) is 6.41. The summed E-state index contributed by atoms with van der Waals surface area (Å²) in [5.41, 5.74) is 2.86. The number of nitriles is 1. The van der Waals surface area contributed by atoms with E-state index in [1.54, 1.807) is 25.3 Å². The lowest BCUT2D eigenvalue weighted by Gasteiger charge is -2.22. The number of aromatic nitrogens is 4. The second kappa shape index (κ2) is 4.83. The predicted octanol–water partition coefficient (Wildman–Crippen LogP) is 2.93. The van der Waals surface area contributed by atoms with E-state index in [0.29, 0.717) is 33.8 Å². The number of carbonyl (C=O) groups excluding carboxylic acids is 1. The third-order valence-electron chi connectivity index (χ3n) is 3.99. The van der Waals surface area contributed by atoms with Crippen molar-refractivity contribution in [2.75, 3.05) is 0 Å². The first-order valence-corrected chi connectivity index (χ1v) is 7.90. The van der Waals surface area contributed by atoms with Crippen LogP contribution in [-0.2, 0) is 0 Å². The molecule has 1 aliphatic rings. The molecule has 6 nitrogen and oxygen atoms in total. The van der Waals surface area contributed by atoms with E-state index in [9.17, 15) is 10.1 Å². The van der Waals surface area contributed by atoms with E-state index >= 15 is 0 Å². The molecule has 7 heteroatoms. The van der Waals surface area contributed by atoms with E-state index in [1.165, 1.54) is 15.9 Å². The maximum absolute atomic E-state index is 13.1. The molecular weight excluding hydrogens is 310 g/mol. The lowest BCUT2D eigenvalue weighted by Crippen LogP contribution is -2.27. The lowest BCUT2D eigenvalue weighted by atomic mass is 9.89. The van der Waals surface area contributed by atoms with Crippen molar-refractivity contribution >= 4 is 34.0 Å². The van der Waals surface area contributed by atoms with Gasteiger partial charge in [-0.15, -0.1) is 11.3 Å². The van der Waals surface area contributed by atoms with Gasteiger partial charge in [-0.25, -0.2) is 15.0 Å². The summed E-state index contributed by atoms with van der Waals surface area (Å²) in [5, 5.41) is 12.3. The standard InChI is InChI=1S/C16H11N5OS/c1-8-10(6-17)15-20-14-12(4-3-5-18-14)21(15)16(22)13(8)11-7-23-9(2)19-11/h3-5,7,13H,1-2H3. The molecule has 3 aromatic heterocycles. The molecule has 112 valence electrons. The molecule has 1 unspecified atom stereocenters. The average Bonchev–Trinajstić information content (AvgIpc) is 3.11. The van der Waals surface area contributed by atoms with Crippen LogP contribution in [0.25, 0.3) is 16.7 Å². The molecule has 0 saturated carbocycles. The molecule has 23 heavy (non-hydrogen) atoms. The molecule has 0 radical (unpaired) electrons. The Bertz CT molecular complexity index is 1040. The summed E-state index contributed by atoms with van der Waals surface area (Å²) in [5.74, 6) is -0.330. The highest BCUT2D eigenvalue weighted by atomic mass is 32.1. The fourth-order valence-corrected chi connectivity index (χ4v) is 3.58. The number of rotatable bonds is 1. The minimum atomic E-state index is -0.556. The number of pyridine rings is 1. The molecule has 0 amide bonds. The molecule has 1 atom stereocenters. The molecule has 4 heterocycles. The topological polar surface area (TPSA) is 84.5 Å². The Morgan fingerprint density at radius 1 is 1.35 bits per heavy atom. The Labute approximate surface area is 135 Å². The second-order valence-electron chi connectivity index (χ2n) is 5.35. The molecule has 0 aromatic carbocycles. The minimum absolute atomic E-state index is 0.141. The van der Waals surface area contributed by atoms with E-state index in [4.69, 9.17) is 0 Å². The Kier molecular flexibility index (Phi) is 2.89. The molecule has 3 aromatic rings. The number of aryl methyl sites for hydroxylation is 1. The van der Waals surface area contributed by atoms with Crippen molar-refractivity contribution in [3.05, 3.63) is 45.8 Å². The van der Waals surface area contributed by atoms with Crippen molar-refractivity contribution in [3.8, 4) is 6.07 Å². The van der Waals surface area contributed by atoms with Gasteiger partial charge in [-0.3, -0.25) is 9.36 Å². The highest BCUT2D eigenvalue weighted by molar-refractivity contribution is 7.09. The number of carbonyl (C=O) groups is 1. The summed E-state index contributed by atoms with van der Waals surface area (Å²) in [6.45, 7) is 3.69. The third kappa shape index (κ3) is 1.85. The quantitative estimate of drug-likeness (QED) is 0.688. The smallest absolute Gasteiger partial charge is 0.246 e. The van der Waals surface area contributed by atoms with Crippen LogP contribution in [0.5, 0.6) is 0 Å². The summed E-state index contributed by atoms with van der Waals surface area (Å²) in [6.07, 6.45) is 1.62. The predicted molar refractivity (Wildman–Crippen MR) is 86.0 cm³/mol. The van der Waals surface area contributed by atoms with Gasteiger partial charge < -0.3 is 0 Å². The zero-order valence-electron chi connectivity index (χ0n) is 12.4. The van der Waals surface area contributed by atoms with Crippen LogP contribution < -0.4 is 0 Å². The van der Waals surface area contributed by atoms with Crippen LogP contribution in [0, 0.1) is 18.3 Å². The number of nitrogens with zero attached hydrogens (tertiary/aromatic N) is 5. The van der Waals surface area contributed by atoms with Crippen LogP contribution in [0.1, 0.15) is 34.2 Å². The number of allylic oxidation sites excluding steroid dienone is 2. The Morgan fingerprint density at radius 2 is 2.17 bits per heavy atom. The number of fused-ring (bicyclic) bond motifs is 3. The summed E-state index contributed by atoms with van der Waals surface area (Å²) in [6, 6.07) is 5.73. The fourth-order valence-electron chi connectivity index (χ4n) is 2.94. The van der Waals surface area contributed by atoms with Crippen LogP contribution in [0.2, 0.25) is 0 Å². The summed E-state index contributed by atoms with van der Waals surface area (Å²) in [7, 11) is 0. The van der Waals surface area contributed by atoms with Gasteiger partial charge in [0.05, 0.1) is 21.8 Å². The summed E-state index contributed by atoms with van der Waals surface area (Å²) < 4.78 is 1.49. The fraction of sp³-hybridized carbons (Fsp3) is 0.188. The van der Waals surface area contributed by atoms with Crippen molar-refractivity contribution in [3.63, 3.8) is 0 Å². The van der Waals surface area contributed by atoms with Gasteiger partial charge in [0, 0.05) is 11.6 Å². The van der Waals surface area contributed by atoms with Crippen LogP contribution in [0.3, 0.4) is 0 Å². The Morgan fingerprint density at radius 3 is 2.87 bits per heavy atom. The van der Waals surface area contributed by atoms with Gasteiger partial charge >= 0.3 is 0 Å². The average molecular weight is 321 g/mol. The Hall–Kier alpha value is -2.85.